The highest BCUT2D eigenvalue weighted by atomic mass is 32.2. The lowest BCUT2D eigenvalue weighted by Crippen LogP contribution is -2.31. The average molecular weight is 342 g/mol. The van der Waals surface area contributed by atoms with Crippen molar-refractivity contribution in [2.24, 2.45) is 5.92 Å². The van der Waals surface area contributed by atoms with Crippen LogP contribution in [0.5, 0.6) is 0 Å². The fourth-order valence-corrected chi connectivity index (χ4v) is 4.08. The zero-order chi connectivity index (χ0) is 17.0. The minimum atomic E-state index is -4.02. The highest BCUT2D eigenvalue weighted by Gasteiger charge is 2.39. The third-order valence-corrected chi connectivity index (χ3v) is 5.53. The largest absolute Gasteiger partial charge is 0.465 e. The van der Waals surface area contributed by atoms with Crippen molar-refractivity contribution in [1.82, 2.24) is 4.31 Å². The van der Waals surface area contributed by atoms with Gasteiger partial charge in [0.2, 0.25) is 10.0 Å². The summed E-state index contributed by atoms with van der Waals surface area (Å²) >= 11 is 0. The molecule has 0 amide bonds. The van der Waals surface area contributed by atoms with E-state index < -0.39 is 32.5 Å². The molecule has 0 aromatic heterocycles. The summed E-state index contributed by atoms with van der Waals surface area (Å²) < 4.78 is 31.4. The van der Waals surface area contributed by atoms with Gasteiger partial charge in [-0.15, -0.1) is 0 Å². The quantitative estimate of drug-likeness (QED) is 0.441. The van der Waals surface area contributed by atoms with E-state index in [1.807, 2.05) is 6.92 Å². The summed E-state index contributed by atoms with van der Waals surface area (Å²) in [5.41, 5.74) is -0.468. The number of hydrogen-bond acceptors (Lipinski definition) is 6. The molecule has 2 rings (SSSR count). The molecule has 1 aromatic rings. The van der Waals surface area contributed by atoms with Crippen molar-refractivity contribution in [2.75, 3.05) is 19.7 Å². The molecule has 0 saturated carbocycles. The summed E-state index contributed by atoms with van der Waals surface area (Å²) in [5, 5.41) is 11.0. The molecule has 1 atom stereocenters. The van der Waals surface area contributed by atoms with Crippen LogP contribution in [0.2, 0.25) is 0 Å². The van der Waals surface area contributed by atoms with Gasteiger partial charge in [0.1, 0.15) is 0 Å². The first-order chi connectivity index (χ1) is 10.9. The van der Waals surface area contributed by atoms with Crippen LogP contribution in [0.1, 0.15) is 19.8 Å². The van der Waals surface area contributed by atoms with E-state index in [0.717, 1.165) is 10.4 Å². The maximum atomic E-state index is 12.6. The lowest BCUT2D eigenvalue weighted by atomic mass is 10.1. The summed E-state index contributed by atoms with van der Waals surface area (Å²) in [6.07, 6.45) is 1.04. The molecule has 1 unspecified atom stereocenters. The number of sulfonamides is 1. The number of carbonyl (C=O) groups excluding carboxylic acids is 1. The number of rotatable bonds is 6. The van der Waals surface area contributed by atoms with Crippen LogP contribution < -0.4 is 0 Å². The van der Waals surface area contributed by atoms with Gasteiger partial charge in [0.25, 0.3) is 5.69 Å². The van der Waals surface area contributed by atoms with Crippen LogP contribution in [-0.4, -0.2) is 43.3 Å². The molecule has 8 nitrogen and oxygen atoms in total. The first-order valence-electron chi connectivity index (χ1n) is 7.28. The molecule has 1 aromatic carbocycles. The summed E-state index contributed by atoms with van der Waals surface area (Å²) in [7, 11) is -4.02. The van der Waals surface area contributed by atoms with Crippen LogP contribution in [0.3, 0.4) is 0 Å². The van der Waals surface area contributed by atoms with E-state index in [9.17, 15) is 23.3 Å². The van der Waals surface area contributed by atoms with Crippen molar-refractivity contribution >= 4 is 21.7 Å². The molecule has 1 heterocycles. The maximum absolute atomic E-state index is 12.6. The van der Waals surface area contributed by atoms with Crippen molar-refractivity contribution in [3.8, 4) is 0 Å². The minimum absolute atomic E-state index is 0.0169. The standard InChI is InChI=1S/C14H18N2O6S/c1-2-9-22-14(17)11-7-8-15(10-11)23(20,21)13-6-4-3-5-12(13)16(18)19/h3-6,11H,2,7-10H2,1H3. The van der Waals surface area contributed by atoms with Gasteiger partial charge in [-0.1, -0.05) is 19.1 Å². The van der Waals surface area contributed by atoms with Crippen molar-refractivity contribution in [2.45, 2.75) is 24.7 Å². The molecule has 1 fully saturated rings. The zero-order valence-corrected chi connectivity index (χ0v) is 13.5. The van der Waals surface area contributed by atoms with Crippen LogP contribution in [0.15, 0.2) is 29.2 Å². The van der Waals surface area contributed by atoms with E-state index in [2.05, 4.69) is 0 Å². The molecule has 0 radical (unpaired) electrons. The van der Waals surface area contributed by atoms with Gasteiger partial charge in [0, 0.05) is 19.2 Å². The number of esters is 1. The first kappa shape index (κ1) is 17.4. The summed E-state index contributed by atoms with van der Waals surface area (Å²) in [6.45, 7) is 2.29. The Labute approximate surface area is 134 Å². The van der Waals surface area contributed by atoms with Crippen molar-refractivity contribution < 1.29 is 22.9 Å². The average Bonchev–Trinajstić information content (AvgIpc) is 3.03. The second-order valence-corrected chi connectivity index (χ2v) is 7.15. The van der Waals surface area contributed by atoms with E-state index in [1.54, 1.807) is 0 Å². The minimum Gasteiger partial charge on any atom is -0.465 e. The fourth-order valence-electron chi connectivity index (χ4n) is 2.42. The number of nitro benzene ring substituents is 1. The normalized spacial score (nSPS) is 18.7. The molecule has 0 spiro atoms. The molecule has 0 bridgehead atoms. The van der Waals surface area contributed by atoms with Crippen LogP contribution in [0.4, 0.5) is 5.69 Å². The Hall–Kier alpha value is -2.00. The lowest BCUT2D eigenvalue weighted by Gasteiger charge is -2.16. The van der Waals surface area contributed by atoms with Crippen molar-refractivity contribution in [3.63, 3.8) is 0 Å². The van der Waals surface area contributed by atoms with E-state index in [1.165, 1.54) is 18.2 Å². The van der Waals surface area contributed by atoms with Gasteiger partial charge in [-0.2, -0.15) is 4.31 Å². The highest BCUT2D eigenvalue weighted by Crippen LogP contribution is 2.30. The van der Waals surface area contributed by atoms with E-state index in [0.29, 0.717) is 19.4 Å². The molecule has 23 heavy (non-hydrogen) atoms. The molecule has 0 N–H and O–H groups in total. The number of nitrogens with zero attached hydrogens (tertiary/aromatic N) is 2. The Morgan fingerprint density at radius 2 is 2.13 bits per heavy atom. The zero-order valence-electron chi connectivity index (χ0n) is 12.7. The predicted octanol–water partition coefficient (Wildman–Crippen LogP) is 1.56. The molecule has 0 aliphatic carbocycles. The SMILES string of the molecule is CCCOC(=O)C1CCN(S(=O)(=O)c2ccccc2[N+](=O)[O-])C1. The van der Waals surface area contributed by atoms with Crippen LogP contribution in [0.25, 0.3) is 0 Å². The van der Waals surface area contributed by atoms with Gasteiger partial charge in [-0.3, -0.25) is 14.9 Å². The Morgan fingerprint density at radius 3 is 2.78 bits per heavy atom. The van der Waals surface area contributed by atoms with Crippen LogP contribution >= 0.6 is 0 Å². The van der Waals surface area contributed by atoms with Crippen molar-refractivity contribution in [3.05, 3.63) is 34.4 Å². The molecule has 1 aliphatic heterocycles. The molecular weight excluding hydrogens is 324 g/mol. The second-order valence-electron chi connectivity index (χ2n) is 5.24. The summed E-state index contributed by atoms with van der Waals surface area (Å²) in [6, 6.07) is 5.20. The van der Waals surface area contributed by atoms with Crippen molar-refractivity contribution in [1.29, 1.82) is 0 Å². The maximum Gasteiger partial charge on any atom is 0.310 e. The lowest BCUT2D eigenvalue weighted by molar-refractivity contribution is -0.387. The number of hydrogen-bond donors (Lipinski definition) is 0. The van der Waals surface area contributed by atoms with Gasteiger partial charge in [-0.25, -0.2) is 8.42 Å². The number of ether oxygens (including phenoxy) is 1. The van der Waals surface area contributed by atoms with Gasteiger partial charge in [-0.05, 0) is 18.9 Å². The van der Waals surface area contributed by atoms with Gasteiger partial charge in [0.15, 0.2) is 4.90 Å². The van der Waals surface area contributed by atoms with E-state index in [4.69, 9.17) is 4.74 Å². The van der Waals surface area contributed by atoms with Gasteiger partial charge >= 0.3 is 5.97 Å². The Bertz CT molecular complexity index is 703. The number of carbonyl (C=O) groups is 1. The van der Waals surface area contributed by atoms with Crippen LogP contribution in [0, 0.1) is 16.0 Å². The monoisotopic (exact) mass is 342 g/mol. The van der Waals surface area contributed by atoms with E-state index >= 15 is 0 Å². The third kappa shape index (κ3) is 3.67. The molecule has 9 heteroatoms. The number of benzene rings is 1. The molecule has 126 valence electrons. The Balaban J connectivity index is 2.19. The Morgan fingerprint density at radius 1 is 1.43 bits per heavy atom. The summed E-state index contributed by atoms with van der Waals surface area (Å²) in [4.78, 5) is 21.8. The third-order valence-electron chi connectivity index (χ3n) is 3.61. The topological polar surface area (TPSA) is 107 Å². The number of nitro groups is 1. The fraction of sp³-hybridized carbons (Fsp3) is 0.500. The van der Waals surface area contributed by atoms with Gasteiger partial charge < -0.3 is 4.74 Å². The smallest absolute Gasteiger partial charge is 0.310 e. The summed E-state index contributed by atoms with van der Waals surface area (Å²) in [5.74, 6) is -0.953. The van der Waals surface area contributed by atoms with Gasteiger partial charge in [0.05, 0.1) is 17.4 Å². The first-order valence-corrected chi connectivity index (χ1v) is 8.72. The Kier molecular flexibility index (Phi) is 5.32. The molecule has 1 aliphatic rings. The second kappa shape index (κ2) is 7.05. The molecule has 1 saturated heterocycles. The van der Waals surface area contributed by atoms with E-state index in [-0.39, 0.29) is 18.0 Å². The highest BCUT2D eigenvalue weighted by molar-refractivity contribution is 7.89. The predicted molar refractivity (Wildman–Crippen MR) is 81.2 cm³/mol. The molecular formula is C14H18N2O6S. The number of para-hydroxylation sites is 1. The van der Waals surface area contributed by atoms with Crippen LogP contribution in [-0.2, 0) is 19.6 Å².